The molecule has 4 rings (SSSR count). The number of carboxylic acid groups (broad SMARTS) is 1. The van der Waals surface area contributed by atoms with E-state index in [4.69, 9.17) is 4.74 Å². The van der Waals surface area contributed by atoms with E-state index in [2.05, 4.69) is 5.32 Å². The fraction of sp³-hybridized carbons (Fsp3) is 0.231. The number of alkyl carbamates (subject to hydrolysis) is 1. The fourth-order valence-electron chi connectivity index (χ4n) is 4.42. The van der Waals surface area contributed by atoms with Crippen LogP contribution in [0.25, 0.3) is 11.1 Å². The molecule has 0 unspecified atom stereocenters. The van der Waals surface area contributed by atoms with Crippen molar-refractivity contribution in [2.75, 3.05) is 6.61 Å². The number of rotatable bonds is 7. The molecule has 0 spiro atoms. The van der Waals surface area contributed by atoms with Gasteiger partial charge < -0.3 is 20.0 Å². The predicted molar refractivity (Wildman–Crippen MR) is 117 cm³/mol. The number of hydrogen-bond acceptors (Lipinski definition) is 4. The quantitative estimate of drug-likeness (QED) is 0.561. The Hall–Kier alpha value is -3.81. The van der Waals surface area contributed by atoms with Crippen LogP contribution >= 0.6 is 0 Å². The average Bonchev–Trinajstić information content (AvgIpc) is 3.11. The van der Waals surface area contributed by atoms with Gasteiger partial charge in [0.1, 0.15) is 6.61 Å². The molecular weight excluding hydrogens is 447 g/mol. The lowest BCUT2D eigenvalue weighted by atomic mass is 9.98. The zero-order chi connectivity index (χ0) is 24.3. The van der Waals surface area contributed by atoms with E-state index in [1.165, 1.54) is 18.2 Å². The van der Waals surface area contributed by atoms with Crippen molar-refractivity contribution in [2.24, 2.45) is 0 Å². The molecule has 1 N–H and O–H groups in total. The van der Waals surface area contributed by atoms with Gasteiger partial charge in [-0.15, -0.1) is 0 Å². The van der Waals surface area contributed by atoms with Gasteiger partial charge >= 0.3 is 12.3 Å². The molecule has 1 aliphatic rings. The Labute approximate surface area is 194 Å². The number of nitrogens with one attached hydrogen (secondary N) is 1. The van der Waals surface area contributed by atoms with Gasteiger partial charge in [-0.25, -0.2) is 4.79 Å². The third-order valence-corrected chi connectivity index (χ3v) is 5.87. The van der Waals surface area contributed by atoms with Crippen molar-refractivity contribution in [3.8, 4) is 11.1 Å². The molecule has 3 aromatic rings. The second kappa shape index (κ2) is 9.59. The second-order valence-electron chi connectivity index (χ2n) is 8.10. The van der Waals surface area contributed by atoms with Crippen LogP contribution in [0.2, 0.25) is 0 Å². The van der Waals surface area contributed by atoms with Crippen LogP contribution in [-0.2, 0) is 22.1 Å². The molecule has 1 amide bonds. The summed E-state index contributed by atoms with van der Waals surface area (Å²) in [4.78, 5) is 23.7. The SMILES string of the molecule is O=C([O-])C[C@H](Cc1ccccc1C(F)(F)F)NC(=O)OCC1c2ccccc2-c2ccccc21. The lowest BCUT2D eigenvalue weighted by molar-refractivity contribution is -0.306. The Morgan fingerprint density at radius 2 is 1.47 bits per heavy atom. The molecule has 0 aliphatic heterocycles. The average molecular weight is 468 g/mol. The van der Waals surface area contributed by atoms with Gasteiger partial charge in [-0.3, -0.25) is 0 Å². The summed E-state index contributed by atoms with van der Waals surface area (Å²) in [5.41, 5.74) is 3.09. The summed E-state index contributed by atoms with van der Waals surface area (Å²) in [6, 6.07) is 19.2. The first-order chi connectivity index (χ1) is 16.2. The fourth-order valence-corrected chi connectivity index (χ4v) is 4.42. The number of amides is 1. The molecule has 0 aromatic heterocycles. The van der Waals surface area contributed by atoms with E-state index in [0.29, 0.717) is 0 Å². The molecule has 3 aromatic carbocycles. The maximum absolute atomic E-state index is 13.3. The summed E-state index contributed by atoms with van der Waals surface area (Å²) in [6.45, 7) is -0.00294. The van der Waals surface area contributed by atoms with E-state index >= 15 is 0 Å². The van der Waals surface area contributed by atoms with Crippen molar-refractivity contribution in [1.29, 1.82) is 0 Å². The van der Waals surface area contributed by atoms with Crippen LogP contribution in [0.5, 0.6) is 0 Å². The zero-order valence-electron chi connectivity index (χ0n) is 18.0. The summed E-state index contributed by atoms with van der Waals surface area (Å²) in [5, 5.41) is 13.6. The summed E-state index contributed by atoms with van der Waals surface area (Å²) in [7, 11) is 0. The van der Waals surface area contributed by atoms with Gasteiger partial charge in [-0.1, -0.05) is 66.7 Å². The monoisotopic (exact) mass is 468 g/mol. The molecule has 0 bridgehead atoms. The number of hydrogen-bond donors (Lipinski definition) is 1. The highest BCUT2D eigenvalue weighted by Gasteiger charge is 2.34. The molecule has 0 saturated heterocycles. The van der Waals surface area contributed by atoms with Crippen molar-refractivity contribution in [3.63, 3.8) is 0 Å². The third-order valence-electron chi connectivity index (χ3n) is 5.87. The van der Waals surface area contributed by atoms with E-state index in [1.807, 2.05) is 48.5 Å². The summed E-state index contributed by atoms with van der Waals surface area (Å²) in [6.07, 6.45) is -6.51. The number of alkyl halides is 3. The summed E-state index contributed by atoms with van der Waals surface area (Å²) in [5.74, 6) is -1.70. The Bertz CT molecular complexity index is 1160. The number of fused-ring (bicyclic) bond motifs is 3. The Morgan fingerprint density at radius 3 is 2.06 bits per heavy atom. The van der Waals surface area contributed by atoms with Crippen LogP contribution in [0, 0.1) is 0 Å². The van der Waals surface area contributed by atoms with Crippen LogP contribution in [-0.4, -0.2) is 24.7 Å². The van der Waals surface area contributed by atoms with Crippen molar-refractivity contribution in [1.82, 2.24) is 5.32 Å². The molecule has 1 atom stereocenters. The molecule has 0 radical (unpaired) electrons. The van der Waals surface area contributed by atoms with Crippen molar-refractivity contribution >= 4 is 12.1 Å². The van der Waals surface area contributed by atoms with Crippen LogP contribution in [0.4, 0.5) is 18.0 Å². The first kappa shape index (κ1) is 23.4. The summed E-state index contributed by atoms with van der Waals surface area (Å²) >= 11 is 0. The van der Waals surface area contributed by atoms with Crippen molar-refractivity contribution in [3.05, 3.63) is 95.1 Å². The zero-order valence-corrected chi connectivity index (χ0v) is 18.0. The number of carbonyl (C=O) groups is 2. The molecular formula is C26H21F3NO4-. The number of aliphatic carboxylic acids is 1. The topological polar surface area (TPSA) is 78.5 Å². The number of benzene rings is 3. The molecule has 34 heavy (non-hydrogen) atoms. The van der Waals surface area contributed by atoms with Crippen molar-refractivity contribution in [2.45, 2.75) is 31.0 Å². The van der Waals surface area contributed by atoms with Gasteiger partial charge in [0.15, 0.2) is 0 Å². The van der Waals surface area contributed by atoms with Gasteiger partial charge in [-0.05, 0) is 40.3 Å². The van der Waals surface area contributed by atoms with Crippen LogP contribution in [0.15, 0.2) is 72.8 Å². The molecule has 8 heteroatoms. The van der Waals surface area contributed by atoms with Crippen molar-refractivity contribution < 1.29 is 32.6 Å². The molecule has 0 saturated carbocycles. The van der Waals surface area contributed by atoms with E-state index in [-0.39, 0.29) is 24.5 Å². The lowest BCUT2D eigenvalue weighted by Gasteiger charge is -2.22. The van der Waals surface area contributed by atoms with Gasteiger partial charge in [0.25, 0.3) is 0 Å². The Kier molecular flexibility index (Phi) is 6.58. The molecule has 5 nitrogen and oxygen atoms in total. The smallest absolute Gasteiger partial charge is 0.416 e. The minimum atomic E-state index is -4.60. The maximum Gasteiger partial charge on any atom is 0.416 e. The molecule has 176 valence electrons. The van der Waals surface area contributed by atoms with E-state index in [0.717, 1.165) is 28.3 Å². The third kappa shape index (κ3) is 5.06. The van der Waals surface area contributed by atoms with Crippen LogP contribution in [0.3, 0.4) is 0 Å². The first-order valence-electron chi connectivity index (χ1n) is 10.7. The van der Waals surface area contributed by atoms with Gasteiger partial charge in [0, 0.05) is 24.3 Å². The molecule has 1 aliphatic carbocycles. The summed E-state index contributed by atoms with van der Waals surface area (Å²) < 4.78 is 45.4. The minimum Gasteiger partial charge on any atom is -0.550 e. The number of ether oxygens (including phenoxy) is 1. The van der Waals surface area contributed by atoms with Gasteiger partial charge in [0.05, 0.1) is 5.56 Å². The highest BCUT2D eigenvalue weighted by molar-refractivity contribution is 5.79. The highest BCUT2D eigenvalue weighted by atomic mass is 19.4. The van der Waals surface area contributed by atoms with Gasteiger partial charge in [0.2, 0.25) is 0 Å². The van der Waals surface area contributed by atoms with Gasteiger partial charge in [-0.2, -0.15) is 13.2 Å². The number of carboxylic acids is 1. The largest absolute Gasteiger partial charge is 0.550 e. The van der Waals surface area contributed by atoms with Crippen LogP contribution in [0.1, 0.15) is 34.6 Å². The van der Waals surface area contributed by atoms with Crippen LogP contribution < -0.4 is 10.4 Å². The number of halogens is 3. The predicted octanol–water partition coefficient (Wildman–Crippen LogP) is 4.30. The standard InChI is InChI=1S/C26H22F3NO4/c27-26(28,29)23-12-6-1-7-16(23)13-17(14-24(31)32)30-25(33)34-15-22-20-10-4-2-8-18(20)19-9-3-5-11-21(19)22/h1-12,17,22H,13-15H2,(H,30,33)(H,31,32)/p-1/t17-/m0/s1. The first-order valence-corrected chi connectivity index (χ1v) is 10.7. The normalized spacial score (nSPS) is 13.6. The minimum absolute atomic E-state index is 0.00294. The Morgan fingerprint density at radius 1 is 0.912 bits per heavy atom. The molecule has 0 heterocycles. The second-order valence-corrected chi connectivity index (χ2v) is 8.10. The van der Waals surface area contributed by atoms with E-state index in [9.17, 15) is 27.9 Å². The lowest BCUT2D eigenvalue weighted by Crippen LogP contribution is -2.42. The van der Waals surface area contributed by atoms with E-state index < -0.39 is 36.3 Å². The van der Waals surface area contributed by atoms with E-state index in [1.54, 1.807) is 0 Å². The number of carbonyl (C=O) groups excluding carboxylic acids is 2. The molecule has 0 fully saturated rings. The Balaban J connectivity index is 1.46. The maximum atomic E-state index is 13.3. The highest BCUT2D eigenvalue weighted by Crippen LogP contribution is 2.44.